The molecule has 1 N–H and O–H groups in total. The number of hydrogen-bond donors (Lipinski definition) is 1. The molecular formula is C20H22N2O3. The van der Waals surface area contributed by atoms with E-state index in [0.717, 1.165) is 22.2 Å². The lowest BCUT2D eigenvalue weighted by Gasteiger charge is -2.15. The van der Waals surface area contributed by atoms with Crippen molar-refractivity contribution in [3.8, 4) is 5.75 Å². The molecule has 3 rings (SSSR count). The highest BCUT2D eigenvalue weighted by molar-refractivity contribution is 5.83. The highest BCUT2D eigenvalue weighted by Gasteiger charge is 2.12. The van der Waals surface area contributed by atoms with Crippen LogP contribution in [-0.2, 0) is 6.54 Å². The molecule has 25 heavy (non-hydrogen) atoms. The molecule has 2 aromatic carbocycles. The minimum absolute atomic E-state index is 0.0926. The van der Waals surface area contributed by atoms with Gasteiger partial charge in [-0.05, 0) is 50.1 Å². The first-order valence-corrected chi connectivity index (χ1v) is 8.29. The van der Waals surface area contributed by atoms with E-state index in [0.29, 0.717) is 11.1 Å². The maximum atomic E-state index is 12.5. The topological polar surface area (TPSA) is 64.3 Å². The van der Waals surface area contributed by atoms with Crippen molar-refractivity contribution in [2.75, 3.05) is 6.61 Å². The smallest absolute Gasteiger partial charge is 0.274 e. The van der Waals surface area contributed by atoms with Crippen molar-refractivity contribution >= 4 is 10.8 Å². The predicted molar refractivity (Wildman–Crippen MR) is 98.2 cm³/mol. The Labute approximate surface area is 146 Å². The molecular weight excluding hydrogens is 316 g/mol. The molecule has 0 fully saturated rings. The van der Waals surface area contributed by atoms with E-state index in [1.54, 1.807) is 6.07 Å². The maximum Gasteiger partial charge on any atom is 0.274 e. The summed E-state index contributed by atoms with van der Waals surface area (Å²) in [5.41, 5.74) is 2.77. The molecule has 0 saturated heterocycles. The second-order valence-electron chi connectivity index (χ2n) is 6.41. The number of nitrogens with zero attached hydrogens (tertiary/aromatic N) is 2. The average Bonchev–Trinajstić information content (AvgIpc) is 2.57. The Balaban J connectivity index is 1.75. The number of aromatic nitrogens is 2. The molecule has 0 spiro atoms. The number of hydrogen-bond acceptors (Lipinski definition) is 4. The SMILES string of the molecule is Cc1cc(C)cc(OC[C@@H](O)Cn2nc(C)c3ccccc3c2=O)c1. The van der Waals surface area contributed by atoms with Gasteiger partial charge in [-0.25, -0.2) is 4.68 Å². The third-order valence-electron chi connectivity index (χ3n) is 4.07. The van der Waals surface area contributed by atoms with Gasteiger partial charge in [-0.1, -0.05) is 24.3 Å². The Bertz CT molecular complexity index is 943. The first-order chi connectivity index (χ1) is 11.9. The summed E-state index contributed by atoms with van der Waals surface area (Å²) in [6, 6.07) is 13.3. The van der Waals surface area contributed by atoms with Crippen LogP contribution in [0, 0.1) is 20.8 Å². The Kier molecular flexibility index (Phi) is 4.86. The fourth-order valence-corrected chi connectivity index (χ4v) is 2.99. The molecule has 5 nitrogen and oxygen atoms in total. The van der Waals surface area contributed by atoms with Gasteiger partial charge in [-0.15, -0.1) is 0 Å². The van der Waals surface area contributed by atoms with E-state index in [-0.39, 0.29) is 18.7 Å². The van der Waals surface area contributed by atoms with Crippen molar-refractivity contribution in [1.29, 1.82) is 0 Å². The third-order valence-corrected chi connectivity index (χ3v) is 4.07. The number of ether oxygens (including phenoxy) is 1. The second kappa shape index (κ2) is 7.07. The van der Waals surface area contributed by atoms with Crippen LogP contribution >= 0.6 is 0 Å². The standard InChI is InChI=1S/C20H22N2O3/c1-13-8-14(2)10-17(9-13)25-12-16(23)11-22-20(24)19-7-5-4-6-18(19)15(3)21-22/h4-10,16,23H,11-12H2,1-3H3/t16-/m0/s1. The molecule has 0 radical (unpaired) electrons. The van der Waals surface area contributed by atoms with Gasteiger partial charge < -0.3 is 9.84 Å². The van der Waals surface area contributed by atoms with E-state index < -0.39 is 6.10 Å². The van der Waals surface area contributed by atoms with Gasteiger partial charge in [0.05, 0.1) is 17.6 Å². The van der Waals surface area contributed by atoms with Gasteiger partial charge in [0.25, 0.3) is 5.56 Å². The number of benzene rings is 2. The van der Waals surface area contributed by atoms with Crippen molar-refractivity contribution in [2.45, 2.75) is 33.4 Å². The summed E-state index contributed by atoms with van der Waals surface area (Å²) in [6.45, 7) is 6.05. The highest BCUT2D eigenvalue weighted by Crippen LogP contribution is 2.16. The molecule has 130 valence electrons. The molecule has 0 aliphatic carbocycles. The van der Waals surface area contributed by atoms with Crippen LogP contribution in [0.25, 0.3) is 10.8 Å². The third kappa shape index (κ3) is 3.88. The van der Waals surface area contributed by atoms with Crippen molar-refractivity contribution in [3.05, 3.63) is 69.6 Å². The van der Waals surface area contributed by atoms with Gasteiger partial charge in [0.1, 0.15) is 18.5 Å². The molecule has 1 atom stereocenters. The van der Waals surface area contributed by atoms with Crippen LogP contribution in [0.5, 0.6) is 5.75 Å². The van der Waals surface area contributed by atoms with E-state index in [1.807, 2.05) is 51.1 Å². The summed E-state index contributed by atoms with van der Waals surface area (Å²) >= 11 is 0. The quantitative estimate of drug-likeness (QED) is 0.777. The maximum absolute atomic E-state index is 12.5. The molecule has 5 heteroatoms. The fourth-order valence-electron chi connectivity index (χ4n) is 2.99. The second-order valence-corrected chi connectivity index (χ2v) is 6.41. The number of aliphatic hydroxyl groups is 1. The van der Waals surface area contributed by atoms with Crippen LogP contribution in [0.3, 0.4) is 0 Å². The zero-order chi connectivity index (χ0) is 18.0. The minimum Gasteiger partial charge on any atom is -0.491 e. The predicted octanol–water partition coefficient (Wildman–Crippen LogP) is 2.76. The lowest BCUT2D eigenvalue weighted by atomic mass is 10.1. The monoisotopic (exact) mass is 338 g/mol. The van der Waals surface area contributed by atoms with E-state index >= 15 is 0 Å². The van der Waals surface area contributed by atoms with Gasteiger partial charge in [0, 0.05) is 5.39 Å². The van der Waals surface area contributed by atoms with Crippen LogP contribution in [-0.4, -0.2) is 27.6 Å². The van der Waals surface area contributed by atoms with Crippen LogP contribution in [0.4, 0.5) is 0 Å². The van der Waals surface area contributed by atoms with E-state index in [2.05, 4.69) is 11.2 Å². The van der Waals surface area contributed by atoms with Crippen LogP contribution in [0.1, 0.15) is 16.8 Å². The Morgan fingerprint density at radius 2 is 1.72 bits per heavy atom. The van der Waals surface area contributed by atoms with E-state index in [4.69, 9.17) is 4.74 Å². The first kappa shape index (κ1) is 17.2. The molecule has 0 aliphatic heterocycles. The lowest BCUT2D eigenvalue weighted by molar-refractivity contribution is 0.0880. The number of aryl methyl sites for hydroxylation is 3. The van der Waals surface area contributed by atoms with Gasteiger partial charge in [-0.3, -0.25) is 4.79 Å². The molecule has 0 aliphatic rings. The highest BCUT2D eigenvalue weighted by atomic mass is 16.5. The van der Waals surface area contributed by atoms with E-state index in [9.17, 15) is 9.90 Å². The summed E-state index contributed by atoms with van der Waals surface area (Å²) < 4.78 is 6.98. The van der Waals surface area contributed by atoms with Gasteiger partial charge >= 0.3 is 0 Å². The van der Waals surface area contributed by atoms with Crippen molar-refractivity contribution < 1.29 is 9.84 Å². The summed E-state index contributed by atoms with van der Waals surface area (Å²) in [5.74, 6) is 0.714. The molecule has 3 aromatic rings. The summed E-state index contributed by atoms with van der Waals surface area (Å²) in [6.07, 6.45) is -0.827. The molecule has 0 unspecified atom stereocenters. The molecule has 1 heterocycles. The van der Waals surface area contributed by atoms with Crippen molar-refractivity contribution in [1.82, 2.24) is 9.78 Å². The van der Waals surface area contributed by atoms with Crippen LogP contribution in [0.15, 0.2) is 47.3 Å². The van der Waals surface area contributed by atoms with Crippen molar-refractivity contribution in [2.24, 2.45) is 0 Å². The number of rotatable bonds is 5. The summed E-state index contributed by atoms with van der Waals surface area (Å²) in [7, 11) is 0. The Morgan fingerprint density at radius 1 is 1.08 bits per heavy atom. The largest absolute Gasteiger partial charge is 0.491 e. The van der Waals surface area contributed by atoms with Gasteiger partial charge in [0.2, 0.25) is 0 Å². The van der Waals surface area contributed by atoms with Crippen LogP contribution in [0.2, 0.25) is 0 Å². The Hall–Kier alpha value is -2.66. The molecule has 0 saturated carbocycles. The van der Waals surface area contributed by atoms with Gasteiger partial charge in [-0.2, -0.15) is 5.10 Å². The summed E-state index contributed by atoms with van der Waals surface area (Å²) in [5, 5.41) is 16.0. The summed E-state index contributed by atoms with van der Waals surface area (Å²) in [4.78, 5) is 12.5. The molecule has 0 bridgehead atoms. The Morgan fingerprint density at radius 3 is 2.40 bits per heavy atom. The van der Waals surface area contributed by atoms with Crippen LogP contribution < -0.4 is 10.3 Å². The fraction of sp³-hybridized carbons (Fsp3) is 0.300. The minimum atomic E-state index is -0.827. The number of fused-ring (bicyclic) bond motifs is 1. The average molecular weight is 338 g/mol. The lowest BCUT2D eigenvalue weighted by Crippen LogP contribution is -2.32. The number of aliphatic hydroxyl groups excluding tert-OH is 1. The first-order valence-electron chi connectivity index (χ1n) is 8.29. The van der Waals surface area contributed by atoms with Crippen molar-refractivity contribution in [3.63, 3.8) is 0 Å². The zero-order valence-electron chi connectivity index (χ0n) is 14.7. The molecule has 0 amide bonds. The van der Waals surface area contributed by atoms with E-state index in [1.165, 1.54) is 4.68 Å². The normalized spacial score (nSPS) is 12.3. The van der Waals surface area contributed by atoms with Gasteiger partial charge in [0.15, 0.2) is 0 Å². The zero-order valence-corrected chi connectivity index (χ0v) is 14.7. The molecule has 1 aromatic heterocycles.